The summed E-state index contributed by atoms with van der Waals surface area (Å²) in [6, 6.07) is 0. The molecule has 2 unspecified atom stereocenters. The summed E-state index contributed by atoms with van der Waals surface area (Å²) in [5, 5.41) is 8.40. The summed E-state index contributed by atoms with van der Waals surface area (Å²) < 4.78 is 5.36. The molecule has 12 heavy (non-hydrogen) atoms. The first-order valence-electron chi connectivity index (χ1n) is 4.20. The Bertz CT molecular complexity index is 154. The Kier molecular flexibility index (Phi) is 3.88. The minimum atomic E-state index is -0.784. The first-order chi connectivity index (χ1) is 5.68. The molecule has 0 radical (unpaired) electrons. The third kappa shape index (κ3) is 3.45. The predicted octanol–water partition coefficient (Wildman–Crippen LogP) is 1.33. The number of aliphatic carboxylic acids is 1. The van der Waals surface area contributed by atoms with Gasteiger partial charge in [0.1, 0.15) is 0 Å². The summed E-state index contributed by atoms with van der Waals surface area (Å²) in [4.78, 5) is 10.3. The summed E-state index contributed by atoms with van der Waals surface area (Å²) in [6.45, 7) is 0.818. The number of rotatable bonds is 4. The second-order valence-corrected chi connectivity index (χ2v) is 3.85. The Morgan fingerprint density at radius 1 is 1.75 bits per heavy atom. The zero-order chi connectivity index (χ0) is 8.97. The molecule has 1 aliphatic heterocycles. The number of hydrogen-bond acceptors (Lipinski definition) is 3. The van der Waals surface area contributed by atoms with Gasteiger partial charge in [-0.2, -0.15) is 12.6 Å². The predicted molar refractivity (Wildman–Crippen MR) is 48.6 cm³/mol. The van der Waals surface area contributed by atoms with E-state index in [-0.39, 0.29) is 17.8 Å². The van der Waals surface area contributed by atoms with Crippen LogP contribution in [0.15, 0.2) is 0 Å². The molecule has 3 nitrogen and oxygen atoms in total. The van der Waals surface area contributed by atoms with Crippen molar-refractivity contribution in [2.45, 2.75) is 37.0 Å². The molecular weight excluding hydrogens is 176 g/mol. The fourth-order valence-electron chi connectivity index (χ4n) is 1.42. The lowest BCUT2D eigenvalue weighted by molar-refractivity contribution is -0.137. The molecule has 1 N–H and O–H groups in total. The molecule has 4 heteroatoms. The summed E-state index contributed by atoms with van der Waals surface area (Å²) in [5.74, 6) is -0.784. The molecule has 0 spiro atoms. The van der Waals surface area contributed by atoms with Crippen molar-refractivity contribution in [1.29, 1.82) is 0 Å². The van der Waals surface area contributed by atoms with Crippen molar-refractivity contribution in [1.82, 2.24) is 0 Å². The van der Waals surface area contributed by atoms with Crippen LogP contribution in [-0.2, 0) is 9.53 Å². The van der Waals surface area contributed by atoms with Gasteiger partial charge in [0.15, 0.2) is 0 Å². The molecule has 1 aliphatic rings. The van der Waals surface area contributed by atoms with E-state index in [9.17, 15) is 4.79 Å². The molecule has 0 aromatic rings. The molecule has 0 saturated carbocycles. The first kappa shape index (κ1) is 9.86. The number of carboxylic acid groups (broad SMARTS) is 1. The van der Waals surface area contributed by atoms with Crippen molar-refractivity contribution in [3.05, 3.63) is 0 Å². The molecule has 1 heterocycles. The maximum atomic E-state index is 10.3. The van der Waals surface area contributed by atoms with Crippen molar-refractivity contribution in [2.75, 3.05) is 6.61 Å². The van der Waals surface area contributed by atoms with Crippen LogP contribution in [0.2, 0.25) is 0 Å². The molecular formula is C8H14O3S. The zero-order valence-corrected chi connectivity index (χ0v) is 7.80. The molecule has 0 aliphatic carbocycles. The number of hydrogen-bond donors (Lipinski definition) is 2. The summed E-state index contributed by atoms with van der Waals surface area (Å²) in [7, 11) is 0. The smallest absolute Gasteiger partial charge is 0.304 e. The quantitative estimate of drug-likeness (QED) is 0.657. The third-order valence-electron chi connectivity index (χ3n) is 1.97. The Balaban J connectivity index is 2.16. The van der Waals surface area contributed by atoms with Gasteiger partial charge in [-0.15, -0.1) is 0 Å². The van der Waals surface area contributed by atoms with Crippen LogP contribution >= 0.6 is 12.6 Å². The van der Waals surface area contributed by atoms with Crippen LogP contribution in [0.25, 0.3) is 0 Å². The second kappa shape index (κ2) is 4.72. The van der Waals surface area contributed by atoms with Crippen LogP contribution in [-0.4, -0.2) is 29.0 Å². The number of ether oxygens (including phenoxy) is 1. The maximum absolute atomic E-state index is 10.3. The van der Waals surface area contributed by atoms with Gasteiger partial charge < -0.3 is 9.84 Å². The molecule has 1 fully saturated rings. The van der Waals surface area contributed by atoms with E-state index < -0.39 is 5.97 Å². The molecule has 0 amide bonds. The van der Waals surface area contributed by atoms with Gasteiger partial charge in [0.2, 0.25) is 0 Å². The van der Waals surface area contributed by atoms with E-state index in [4.69, 9.17) is 9.84 Å². The first-order valence-corrected chi connectivity index (χ1v) is 4.71. The Morgan fingerprint density at radius 3 is 3.00 bits per heavy atom. The lowest BCUT2D eigenvalue weighted by Crippen LogP contribution is -2.15. The number of thiol groups is 1. The summed E-state index contributed by atoms with van der Waals surface area (Å²) in [5.41, 5.74) is 0. The van der Waals surface area contributed by atoms with Crippen LogP contribution in [0, 0.1) is 0 Å². The van der Waals surface area contributed by atoms with Gasteiger partial charge in [0, 0.05) is 11.9 Å². The van der Waals surface area contributed by atoms with Crippen molar-refractivity contribution >= 4 is 18.6 Å². The van der Waals surface area contributed by atoms with Crippen LogP contribution in [0.1, 0.15) is 25.7 Å². The van der Waals surface area contributed by atoms with E-state index >= 15 is 0 Å². The van der Waals surface area contributed by atoms with Crippen LogP contribution in [0.4, 0.5) is 0 Å². The van der Waals surface area contributed by atoms with Gasteiger partial charge in [-0.25, -0.2) is 0 Å². The van der Waals surface area contributed by atoms with Crippen molar-refractivity contribution in [3.8, 4) is 0 Å². The maximum Gasteiger partial charge on any atom is 0.304 e. The Labute approximate surface area is 77.5 Å². The fraction of sp³-hybridized carbons (Fsp3) is 0.875. The van der Waals surface area contributed by atoms with E-state index in [1.54, 1.807) is 0 Å². The van der Waals surface area contributed by atoms with Gasteiger partial charge in [-0.1, -0.05) is 0 Å². The van der Waals surface area contributed by atoms with E-state index in [1.165, 1.54) is 0 Å². The lowest BCUT2D eigenvalue weighted by Gasteiger charge is -2.12. The summed E-state index contributed by atoms with van der Waals surface area (Å²) in [6.07, 6.45) is 3.28. The minimum absolute atomic E-state index is 0.0643. The lowest BCUT2D eigenvalue weighted by atomic mass is 10.1. The minimum Gasteiger partial charge on any atom is -0.481 e. The normalized spacial score (nSPS) is 25.6. The van der Waals surface area contributed by atoms with E-state index in [2.05, 4.69) is 12.6 Å². The van der Waals surface area contributed by atoms with Crippen LogP contribution in [0.5, 0.6) is 0 Å². The van der Waals surface area contributed by atoms with Gasteiger partial charge >= 0.3 is 5.97 Å². The Hall–Kier alpha value is -0.220. The molecule has 0 aromatic carbocycles. The topological polar surface area (TPSA) is 46.5 Å². The fourth-order valence-corrected chi connectivity index (χ4v) is 1.81. The van der Waals surface area contributed by atoms with Crippen molar-refractivity contribution < 1.29 is 14.6 Å². The third-order valence-corrected chi connectivity index (χ3v) is 2.36. The highest BCUT2D eigenvalue weighted by molar-refractivity contribution is 7.81. The van der Waals surface area contributed by atoms with Crippen LogP contribution in [0.3, 0.4) is 0 Å². The highest BCUT2D eigenvalue weighted by atomic mass is 32.1. The Morgan fingerprint density at radius 2 is 2.50 bits per heavy atom. The van der Waals surface area contributed by atoms with Crippen molar-refractivity contribution in [2.24, 2.45) is 0 Å². The number of carbonyl (C=O) groups is 1. The highest BCUT2D eigenvalue weighted by Crippen LogP contribution is 2.20. The van der Waals surface area contributed by atoms with Gasteiger partial charge in [-0.05, 0) is 19.3 Å². The average molecular weight is 190 g/mol. The van der Waals surface area contributed by atoms with E-state index in [0.29, 0.717) is 0 Å². The van der Waals surface area contributed by atoms with E-state index in [1.807, 2.05) is 0 Å². The molecule has 0 aromatic heterocycles. The zero-order valence-electron chi connectivity index (χ0n) is 6.90. The number of carboxylic acids is 1. The van der Waals surface area contributed by atoms with Crippen LogP contribution < -0.4 is 0 Å². The van der Waals surface area contributed by atoms with Gasteiger partial charge in [0.05, 0.1) is 12.5 Å². The summed E-state index contributed by atoms with van der Waals surface area (Å²) >= 11 is 4.18. The molecule has 1 saturated heterocycles. The molecule has 1 rings (SSSR count). The largest absolute Gasteiger partial charge is 0.481 e. The van der Waals surface area contributed by atoms with E-state index in [0.717, 1.165) is 25.9 Å². The van der Waals surface area contributed by atoms with Crippen molar-refractivity contribution in [3.63, 3.8) is 0 Å². The van der Waals surface area contributed by atoms with Gasteiger partial charge in [-0.3, -0.25) is 4.79 Å². The average Bonchev–Trinajstić information content (AvgIpc) is 2.37. The monoisotopic (exact) mass is 190 g/mol. The molecule has 70 valence electrons. The highest BCUT2D eigenvalue weighted by Gasteiger charge is 2.19. The van der Waals surface area contributed by atoms with Gasteiger partial charge in [0.25, 0.3) is 0 Å². The standard InChI is InChI=1S/C8H14O3S/c9-8(10)5-7(12)4-6-2-1-3-11-6/h6-7,12H,1-5H2,(H,9,10). The second-order valence-electron chi connectivity index (χ2n) is 3.12. The molecule has 0 bridgehead atoms. The SMILES string of the molecule is O=C(O)CC(S)CC1CCCO1. The molecule has 2 atom stereocenters.